The van der Waals surface area contributed by atoms with Crippen LogP contribution in [0.4, 0.5) is 13.2 Å². The Morgan fingerprint density at radius 2 is 1.94 bits per heavy atom. The summed E-state index contributed by atoms with van der Waals surface area (Å²) in [4.78, 5) is 19.2. The lowest BCUT2D eigenvalue weighted by Gasteiger charge is -2.36. The molecule has 2 fully saturated rings. The Labute approximate surface area is 201 Å². The molecule has 2 aliphatic carbocycles. The average Bonchev–Trinajstić information content (AvgIpc) is 3.52. The number of halogens is 3. The summed E-state index contributed by atoms with van der Waals surface area (Å²) < 4.78 is 39.3. The highest BCUT2D eigenvalue weighted by Gasteiger charge is 2.39. The van der Waals surface area contributed by atoms with E-state index in [0.717, 1.165) is 48.7 Å². The summed E-state index contributed by atoms with van der Waals surface area (Å²) in [7, 11) is 0. The first kappa shape index (κ1) is 23.8. The van der Waals surface area contributed by atoms with E-state index in [1.54, 1.807) is 17.2 Å². The molecule has 1 aliphatic heterocycles. The molecular formula is C25H30F3N3O2S. The van der Waals surface area contributed by atoms with Gasteiger partial charge in [0.05, 0.1) is 5.56 Å². The molecule has 5 rings (SSSR count). The van der Waals surface area contributed by atoms with Gasteiger partial charge in [0.2, 0.25) is 5.91 Å². The molecular weight excluding hydrogens is 463 g/mol. The number of benzene rings is 1. The van der Waals surface area contributed by atoms with Crippen molar-refractivity contribution in [3.63, 3.8) is 0 Å². The van der Waals surface area contributed by atoms with Gasteiger partial charge in [-0.3, -0.25) is 4.79 Å². The highest BCUT2D eigenvalue weighted by Crippen LogP contribution is 2.39. The van der Waals surface area contributed by atoms with Crippen molar-refractivity contribution < 1.29 is 23.1 Å². The van der Waals surface area contributed by atoms with Crippen molar-refractivity contribution in [2.24, 2.45) is 5.92 Å². The van der Waals surface area contributed by atoms with E-state index in [4.69, 9.17) is 0 Å². The third-order valence-electron chi connectivity index (χ3n) is 7.75. The first-order valence-electron chi connectivity index (χ1n) is 12.1. The number of nitrogens with one attached hydrogen (secondary N) is 1. The first-order chi connectivity index (χ1) is 16.2. The highest BCUT2D eigenvalue weighted by molar-refractivity contribution is 7.09. The molecule has 2 N–H and O–H groups in total. The number of aliphatic hydroxyl groups is 1. The largest absolute Gasteiger partial charge is 0.416 e. The standard InChI is InChI=1S/C25H30F3N3O2S/c26-25(27,28)19-3-1-16-7-11-31(15-18(16)13-19)22(32)17-2-4-21(14-17)30-20-5-8-24(33,9-6-20)23-29-10-12-34-23/h1,3,10,12-13,17,20-21,30,33H,2,4-9,11,14-15H2. The lowest BCUT2D eigenvalue weighted by atomic mass is 9.82. The summed E-state index contributed by atoms with van der Waals surface area (Å²) in [5.41, 5.74) is 0.0341. The Hall–Kier alpha value is -1.97. The molecule has 0 radical (unpaired) electrons. The molecule has 2 heterocycles. The topological polar surface area (TPSA) is 65.5 Å². The van der Waals surface area contributed by atoms with Crippen molar-refractivity contribution in [3.05, 3.63) is 51.5 Å². The Balaban J connectivity index is 1.13. The number of thiazole rings is 1. The zero-order valence-corrected chi connectivity index (χ0v) is 19.8. The van der Waals surface area contributed by atoms with E-state index in [0.29, 0.717) is 37.4 Å². The van der Waals surface area contributed by atoms with Gasteiger partial charge in [0.15, 0.2) is 0 Å². The van der Waals surface area contributed by atoms with Crippen LogP contribution in [0.25, 0.3) is 0 Å². The second-order valence-corrected chi connectivity index (χ2v) is 10.9. The van der Waals surface area contributed by atoms with Crippen LogP contribution in [0, 0.1) is 5.92 Å². The van der Waals surface area contributed by atoms with Crippen LogP contribution in [-0.2, 0) is 29.5 Å². The average molecular weight is 494 g/mol. The van der Waals surface area contributed by atoms with Crippen molar-refractivity contribution in [1.82, 2.24) is 15.2 Å². The smallest absolute Gasteiger partial charge is 0.383 e. The predicted molar refractivity (Wildman–Crippen MR) is 123 cm³/mol. The number of rotatable bonds is 4. The maximum absolute atomic E-state index is 13.2. The zero-order chi connectivity index (χ0) is 23.9. The van der Waals surface area contributed by atoms with Crippen molar-refractivity contribution in [3.8, 4) is 0 Å². The molecule has 2 atom stereocenters. The number of nitrogens with zero attached hydrogens (tertiary/aromatic N) is 2. The molecule has 34 heavy (non-hydrogen) atoms. The van der Waals surface area contributed by atoms with Crippen LogP contribution in [0.5, 0.6) is 0 Å². The van der Waals surface area contributed by atoms with Gasteiger partial charge in [-0.2, -0.15) is 13.2 Å². The minimum Gasteiger partial charge on any atom is -0.383 e. The van der Waals surface area contributed by atoms with E-state index in [2.05, 4.69) is 10.3 Å². The van der Waals surface area contributed by atoms with Gasteiger partial charge in [0, 0.05) is 42.7 Å². The molecule has 1 amide bonds. The predicted octanol–water partition coefficient (Wildman–Crippen LogP) is 4.64. The molecule has 0 saturated heterocycles. The molecule has 5 nitrogen and oxygen atoms in total. The molecule has 3 aliphatic rings. The summed E-state index contributed by atoms with van der Waals surface area (Å²) in [5, 5.41) is 17.3. The fourth-order valence-corrected chi connectivity index (χ4v) is 6.60. The molecule has 9 heteroatoms. The maximum Gasteiger partial charge on any atom is 0.416 e. The van der Waals surface area contributed by atoms with Gasteiger partial charge in [0.25, 0.3) is 0 Å². The Morgan fingerprint density at radius 1 is 1.15 bits per heavy atom. The highest BCUT2D eigenvalue weighted by atomic mass is 32.1. The second-order valence-electron chi connectivity index (χ2n) is 10.0. The molecule has 0 bridgehead atoms. The van der Waals surface area contributed by atoms with Crippen LogP contribution in [-0.4, -0.2) is 39.5 Å². The van der Waals surface area contributed by atoms with Gasteiger partial charge in [-0.15, -0.1) is 11.3 Å². The summed E-state index contributed by atoms with van der Waals surface area (Å²) in [6.45, 7) is 0.814. The minimum atomic E-state index is -4.37. The van der Waals surface area contributed by atoms with Crippen molar-refractivity contribution in [2.75, 3.05) is 6.54 Å². The van der Waals surface area contributed by atoms with Crippen LogP contribution in [0.1, 0.15) is 66.6 Å². The van der Waals surface area contributed by atoms with Gasteiger partial charge in [-0.05, 0) is 74.6 Å². The SMILES string of the molecule is O=C(C1CCC(NC2CCC(O)(c3nccs3)CC2)C1)N1CCc2ccc(C(F)(F)F)cc2C1. The number of aromatic nitrogens is 1. The number of hydrogen-bond donors (Lipinski definition) is 2. The lowest BCUT2D eigenvalue weighted by molar-refractivity contribution is -0.137. The normalized spacial score (nSPS) is 29.8. The monoisotopic (exact) mass is 493 g/mol. The van der Waals surface area contributed by atoms with Crippen molar-refractivity contribution in [2.45, 2.75) is 81.8 Å². The Morgan fingerprint density at radius 3 is 2.65 bits per heavy atom. The third kappa shape index (κ3) is 4.88. The van der Waals surface area contributed by atoms with Crippen molar-refractivity contribution >= 4 is 17.2 Å². The van der Waals surface area contributed by atoms with Crippen LogP contribution < -0.4 is 5.32 Å². The van der Waals surface area contributed by atoms with Gasteiger partial charge >= 0.3 is 6.18 Å². The number of fused-ring (bicyclic) bond motifs is 1. The third-order valence-corrected chi connectivity index (χ3v) is 8.72. The van der Waals surface area contributed by atoms with Crippen LogP contribution in [0.15, 0.2) is 29.8 Å². The second kappa shape index (κ2) is 9.24. The number of carbonyl (C=O) groups is 1. The zero-order valence-electron chi connectivity index (χ0n) is 19.0. The molecule has 2 aromatic rings. The summed E-state index contributed by atoms with van der Waals surface area (Å²) in [6.07, 6.45) is 3.54. The number of alkyl halides is 3. The molecule has 1 aromatic carbocycles. The van der Waals surface area contributed by atoms with Gasteiger partial charge in [0.1, 0.15) is 10.6 Å². The lowest BCUT2D eigenvalue weighted by Crippen LogP contribution is -2.44. The molecule has 2 saturated carbocycles. The summed E-state index contributed by atoms with van der Waals surface area (Å²) in [6, 6.07) is 4.46. The minimum absolute atomic E-state index is 0.0640. The summed E-state index contributed by atoms with van der Waals surface area (Å²) in [5.74, 6) is -0.0187. The number of hydrogen-bond acceptors (Lipinski definition) is 5. The van der Waals surface area contributed by atoms with Crippen LogP contribution in [0.2, 0.25) is 0 Å². The van der Waals surface area contributed by atoms with Gasteiger partial charge < -0.3 is 15.3 Å². The first-order valence-corrected chi connectivity index (χ1v) is 13.0. The van der Waals surface area contributed by atoms with Crippen LogP contribution >= 0.6 is 11.3 Å². The van der Waals surface area contributed by atoms with E-state index in [-0.39, 0.29) is 24.4 Å². The van der Waals surface area contributed by atoms with E-state index >= 15 is 0 Å². The van der Waals surface area contributed by atoms with E-state index in [9.17, 15) is 23.1 Å². The van der Waals surface area contributed by atoms with E-state index in [1.807, 2.05) is 5.38 Å². The number of carbonyl (C=O) groups excluding carboxylic acids is 1. The molecule has 2 unspecified atom stereocenters. The molecule has 1 aromatic heterocycles. The summed E-state index contributed by atoms with van der Waals surface area (Å²) >= 11 is 1.50. The van der Waals surface area contributed by atoms with Crippen molar-refractivity contribution in [1.29, 1.82) is 0 Å². The number of amides is 1. The fourth-order valence-electron chi connectivity index (χ4n) is 5.80. The van der Waals surface area contributed by atoms with Gasteiger partial charge in [-0.25, -0.2) is 4.98 Å². The Bertz CT molecular complexity index is 1020. The molecule has 0 spiro atoms. The van der Waals surface area contributed by atoms with E-state index < -0.39 is 17.3 Å². The molecule has 184 valence electrons. The Kier molecular flexibility index (Phi) is 6.46. The fraction of sp³-hybridized carbons (Fsp3) is 0.600. The quantitative estimate of drug-likeness (QED) is 0.652. The van der Waals surface area contributed by atoms with E-state index in [1.165, 1.54) is 17.4 Å². The maximum atomic E-state index is 13.2. The van der Waals surface area contributed by atoms with Gasteiger partial charge in [-0.1, -0.05) is 6.07 Å². The van der Waals surface area contributed by atoms with Crippen LogP contribution in [0.3, 0.4) is 0 Å².